The van der Waals surface area contributed by atoms with E-state index in [9.17, 15) is 0 Å². The van der Waals surface area contributed by atoms with Crippen molar-refractivity contribution in [3.05, 3.63) is 17.3 Å². The molecule has 0 saturated carbocycles. The van der Waals surface area contributed by atoms with Gasteiger partial charge >= 0.3 is 0 Å². The average molecular weight is 223 g/mol. The number of fused-ring (bicyclic) bond motifs is 1. The first kappa shape index (κ1) is 10.3. The fourth-order valence-corrected chi connectivity index (χ4v) is 2.15. The van der Waals surface area contributed by atoms with Gasteiger partial charge in [-0.15, -0.1) is 11.3 Å². The number of rotatable bonds is 3. The van der Waals surface area contributed by atoms with E-state index in [1.807, 2.05) is 18.4 Å². The van der Waals surface area contributed by atoms with E-state index in [1.54, 1.807) is 18.4 Å². The number of nitrogens with two attached hydrogens (primary N) is 1. The van der Waals surface area contributed by atoms with Gasteiger partial charge in [0.05, 0.1) is 11.5 Å². The van der Waals surface area contributed by atoms with Gasteiger partial charge in [0.15, 0.2) is 0 Å². The molecule has 0 bridgehead atoms. The highest BCUT2D eigenvalue weighted by atomic mass is 32.1. The Bertz CT molecular complexity index is 469. The molecule has 0 spiro atoms. The Hall–Kier alpha value is -1.20. The highest BCUT2D eigenvalue weighted by molar-refractivity contribution is 7.16. The topological polar surface area (TPSA) is 61.0 Å². The van der Waals surface area contributed by atoms with Crippen LogP contribution in [-0.2, 0) is 11.2 Å². The lowest BCUT2D eigenvalue weighted by atomic mass is 10.2. The van der Waals surface area contributed by atoms with Gasteiger partial charge in [-0.3, -0.25) is 0 Å². The number of hydrogen-bond acceptors (Lipinski definition) is 5. The van der Waals surface area contributed by atoms with Crippen LogP contribution in [0.4, 0.5) is 5.82 Å². The highest BCUT2D eigenvalue weighted by Crippen LogP contribution is 2.23. The van der Waals surface area contributed by atoms with E-state index < -0.39 is 0 Å². The van der Waals surface area contributed by atoms with Crippen molar-refractivity contribution >= 4 is 27.4 Å². The van der Waals surface area contributed by atoms with Crippen LogP contribution in [0.5, 0.6) is 0 Å². The van der Waals surface area contributed by atoms with Crippen molar-refractivity contribution in [2.24, 2.45) is 0 Å². The van der Waals surface area contributed by atoms with Crippen LogP contribution < -0.4 is 5.73 Å². The van der Waals surface area contributed by atoms with E-state index in [0.717, 1.165) is 16.0 Å². The zero-order valence-electron chi connectivity index (χ0n) is 8.73. The van der Waals surface area contributed by atoms with Crippen LogP contribution in [0.2, 0.25) is 0 Å². The molecule has 0 radical (unpaired) electrons. The summed E-state index contributed by atoms with van der Waals surface area (Å²) in [5.74, 6) is 1.30. The van der Waals surface area contributed by atoms with Gasteiger partial charge in [-0.1, -0.05) is 0 Å². The minimum absolute atomic E-state index is 0.113. The first-order chi connectivity index (χ1) is 7.20. The van der Waals surface area contributed by atoms with Gasteiger partial charge in [-0.2, -0.15) is 0 Å². The molecule has 0 amide bonds. The van der Waals surface area contributed by atoms with E-state index in [4.69, 9.17) is 10.5 Å². The summed E-state index contributed by atoms with van der Waals surface area (Å²) in [4.78, 5) is 9.63. The van der Waals surface area contributed by atoms with Crippen molar-refractivity contribution < 1.29 is 4.74 Å². The number of nitrogens with zero attached hydrogens (tertiary/aromatic N) is 2. The number of methoxy groups -OCH3 is 1. The Balaban J connectivity index is 2.36. The Labute approximate surface area is 92.1 Å². The van der Waals surface area contributed by atoms with E-state index in [0.29, 0.717) is 12.2 Å². The summed E-state index contributed by atoms with van der Waals surface area (Å²) >= 11 is 1.58. The third-order valence-electron chi connectivity index (χ3n) is 2.27. The zero-order chi connectivity index (χ0) is 10.8. The van der Waals surface area contributed by atoms with Crippen LogP contribution in [0.25, 0.3) is 10.2 Å². The number of hydrogen-bond donors (Lipinski definition) is 1. The molecule has 0 aliphatic carbocycles. The number of thiophene rings is 1. The molecular formula is C10H13N3OS. The molecule has 2 rings (SSSR count). The molecule has 0 aliphatic heterocycles. The summed E-state index contributed by atoms with van der Waals surface area (Å²) in [6.45, 7) is 1.98. The van der Waals surface area contributed by atoms with E-state index in [-0.39, 0.29) is 6.10 Å². The number of aromatic nitrogens is 2. The summed E-state index contributed by atoms with van der Waals surface area (Å²) in [6, 6.07) is 1.94. The Kier molecular flexibility index (Phi) is 2.83. The second-order valence-electron chi connectivity index (χ2n) is 3.41. The summed E-state index contributed by atoms with van der Waals surface area (Å²) in [7, 11) is 1.68. The normalized spacial score (nSPS) is 13.2. The standard InChI is InChI=1S/C10H13N3OS/c1-6(14-2)5-8-12-9(11)7-3-4-15-10(7)13-8/h3-4,6H,5H2,1-2H3,(H2,11,12,13). The lowest BCUT2D eigenvalue weighted by Gasteiger charge is -2.08. The van der Waals surface area contributed by atoms with Gasteiger partial charge in [-0.05, 0) is 18.4 Å². The predicted octanol–water partition coefficient (Wildman–Crippen LogP) is 1.85. The molecule has 0 aromatic carbocycles. The molecule has 2 N–H and O–H groups in total. The lowest BCUT2D eigenvalue weighted by Crippen LogP contribution is -2.12. The summed E-state index contributed by atoms with van der Waals surface area (Å²) in [6.07, 6.45) is 0.802. The highest BCUT2D eigenvalue weighted by Gasteiger charge is 2.09. The van der Waals surface area contributed by atoms with Crippen molar-refractivity contribution in [1.82, 2.24) is 9.97 Å². The fraction of sp³-hybridized carbons (Fsp3) is 0.400. The van der Waals surface area contributed by atoms with Gasteiger partial charge in [0.25, 0.3) is 0 Å². The Morgan fingerprint density at radius 2 is 2.33 bits per heavy atom. The number of ether oxygens (including phenoxy) is 1. The van der Waals surface area contributed by atoms with Crippen LogP contribution in [0.15, 0.2) is 11.4 Å². The van der Waals surface area contributed by atoms with Crippen molar-refractivity contribution in [1.29, 1.82) is 0 Å². The van der Waals surface area contributed by atoms with Crippen molar-refractivity contribution in [3.8, 4) is 0 Å². The molecule has 0 saturated heterocycles. The Morgan fingerprint density at radius 1 is 1.53 bits per heavy atom. The summed E-state index contributed by atoms with van der Waals surface area (Å²) in [5, 5.41) is 2.91. The van der Waals surface area contributed by atoms with Gasteiger partial charge < -0.3 is 10.5 Å². The molecule has 5 heteroatoms. The monoisotopic (exact) mass is 223 g/mol. The van der Waals surface area contributed by atoms with Crippen molar-refractivity contribution in [3.63, 3.8) is 0 Å². The van der Waals surface area contributed by atoms with E-state index in [1.165, 1.54) is 0 Å². The van der Waals surface area contributed by atoms with Crippen LogP contribution in [0, 0.1) is 0 Å². The van der Waals surface area contributed by atoms with E-state index >= 15 is 0 Å². The zero-order valence-corrected chi connectivity index (χ0v) is 9.54. The third-order valence-corrected chi connectivity index (χ3v) is 3.08. The smallest absolute Gasteiger partial charge is 0.135 e. The van der Waals surface area contributed by atoms with Gasteiger partial charge in [0.2, 0.25) is 0 Å². The van der Waals surface area contributed by atoms with E-state index in [2.05, 4.69) is 9.97 Å². The van der Waals surface area contributed by atoms with Crippen molar-refractivity contribution in [2.75, 3.05) is 12.8 Å². The summed E-state index contributed by atoms with van der Waals surface area (Å²) < 4.78 is 5.17. The molecule has 0 fully saturated rings. The molecule has 4 nitrogen and oxygen atoms in total. The predicted molar refractivity (Wildman–Crippen MR) is 62.0 cm³/mol. The third kappa shape index (κ3) is 2.08. The lowest BCUT2D eigenvalue weighted by molar-refractivity contribution is 0.117. The first-order valence-corrected chi connectivity index (χ1v) is 5.61. The first-order valence-electron chi connectivity index (χ1n) is 4.73. The largest absolute Gasteiger partial charge is 0.383 e. The molecule has 2 heterocycles. The maximum atomic E-state index is 5.83. The van der Waals surface area contributed by atoms with Crippen LogP contribution >= 0.6 is 11.3 Å². The molecule has 2 aromatic rings. The second kappa shape index (κ2) is 4.12. The second-order valence-corrected chi connectivity index (χ2v) is 4.31. The maximum absolute atomic E-state index is 5.83. The molecular weight excluding hydrogens is 210 g/mol. The van der Waals surface area contributed by atoms with Crippen molar-refractivity contribution in [2.45, 2.75) is 19.4 Å². The van der Waals surface area contributed by atoms with Gasteiger partial charge in [0.1, 0.15) is 16.5 Å². The number of nitrogen functional groups attached to an aromatic ring is 1. The summed E-state index contributed by atoms with van der Waals surface area (Å²) in [5.41, 5.74) is 5.83. The molecule has 1 atom stereocenters. The van der Waals surface area contributed by atoms with Crippen LogP contribution in [0.3, 0.4) is 0 Å². The van der Waals surface area contributed by atoms with Crippen LogP contribution in [0.1, 0.15) is 12.7 Å². The Morgan fingerprint density at radius 3 is 3.07 bits per heavy atom. The molecule has 80 valence electrons. The molecule has 0 aliphatic rings. The quantitative estimate of drug-likeness (QED) is 0.862. The van der Waals surface area contributed by atoms with Gasteiger partial charge in [0, 0.05) is 13.5 Å². The minimum atomic E-state index is 0.113. The molecule has 15 heavy (non-hydrogen) atoms. The number of anilines is 1. The maximum Gasteiger partial charge on any atom is 0.135 e. The van der Waals surface area contributed by atoms with Gasteiger partial charge in [-0.25, -0.2) is 9.97 Å². The fourth-order valence-electron chi connectivity index (χ4n) is 1.36. The minimum Gasteiger partial charge on any atom is -0.383 e. The van der Waals surface area contributed by atoms with Crippen LogP contribution in [-0.4, -0.2) is 23.2 Å². The SMILES string of the molecule is COC(C)Cc1nc(N)c2ccsc2n1. The molecule has 1 unspecified atom stereocenters. The molecule has 2 aromatic heterocycles. The average Bonchev–Trinajstić information content (AvgIpc) is 2.66.